The van der Waals surface area contributed by atoms with E-state index in [1.165, 1.54) is 5.56 Å². The third kappa shape index (κ3) is 5.26. The lowest BCUT2D eigenvalue weighted by Crippen LogP contribution is -2.20. The molecule has 8 heteroatoms. The lowest BCUT2D eigenvalue weighted by molar-refractivity contribution is 0.442. The number of anilines is 5. The second-order valence-electron chi connectivity index (χ2n) is 9.16. The summed E-state index contributed by atoms with van der Waals surface area (Å²) in [6.07, 6.45) is 2.66. The zero-order chi connectivity index (χ0) is 22.7. The Balaban J connectivity index is 1.66. The van der Waals surface area contributed by atoms with E-state index in [0.29, 0.717) is 23.0 Å². The highest BCUT2D eigenvalue weighted by Crippen LogP contribution is 2.26. The number of aryl methyl sites for hydroxylation is 2. The molecule has 2 aromatic carbocycles. The van der Waals surface area contributed by atoms with E-state index in [-0.39, 0.29) is 5.41 Å². The normalized spacial score (nSPS) is 11.6. The van der Waals surface area contributed by atoms with Crippen LogP contribution >= 0.6 is 0 Å². The molecule has 0 fully saturated rings. The Labute approximate surface area is 188 Å². The predicted molar refractivity (Wildman–Crippen MR) is 132 cm³/mol. The van der Waals surface area contributed by atoms with Crippen LogP contribution in [0.25, 0.3) is 11.2 Å². The molecule has 0 spiro atoms. The molecule has 0 radical (unpaired) electrons. The second-order valence-corrected chi connectivity index (χ2v) is 9.16. The molecule has 0 atom stereocenters. The molecule has 4 rings (SSSR count). The number of fused-ring (bicyclic) bond motifs is 1. The van der Waals surface area contributed by atoms with Gasteiger partial charge in [-0.25, -0.2) is 4.98 Å². The topological polar surface area (TPSA) is 120 Å². The van der Waals surface area contributed by atoms with Gasteiger partial charge in [-0.15, -0.1) is 0 Å². The minimum Gasteiger partial charge on any atom is -0.399 e. The minimum atomic E-state index is 0.0924. The Hall–Kier alpha value is -3.81. The van der Waals surface area contributed by atoms with Crippen LogP contribution in [-0.2, 0) is 13.0 Å². The van der Waals surface area contributed by atoms with Crippen LogP contribution in [0.2, 0.25) is 0 Å². The lowest BCUT2D eigenvalue weighted by atomic mass is 9.97. The van der Waals surface area contributed by atoms with Crippen molar-refractivity contribution < 1.29 is 0 Å². The Bertz CT molecular complexity index is 1210. The molecule has 166 valence electrons. The van der Waals surface area contributed by atoms with Crippen molar-refractivity contribution >= 4 is 40.0 Å². The van der Waals surface area contributed by atoms with Gasteiger partial charge in [0.15, 0.2) is 17.0 Å². The molecule has 0 saturated carbocycles. The fraction of sp³-hybridized carbons (Fsp3) is 0.292. The van der Waals surface area contributed by atoms with Crippen LogP contribution < -0.4 is 22.1 Å². The summed E-state index contributed by atoms with van der Waals surface area (Å²) in [7, 11) is 0. The van der Waals surface area contributed by atoms with Gasteiger partial charge in [0, 0.05) is 30.2 Å². The smallest absolute Gasteiger partial charge is 0.226 e. The van der Waals surface area contributed by atoms with Gasteiger partial charge in [-0.1, -0.05) is 39.0 Å². The fourth-order valence-electron chi connectivity index (χ4n) is 3.31. The third-order valence-electron chi connectivity index (χ3n) is 5.01. The lowest BCUT2D eigenvalue weighted by Gasteiger charge is -2.19. The second kappa shape index (κ2) is 8.74. The molecule has 8 nitrogen and oxygen atoms in total. The predicted octanol–water partition coefficient (Wildman–Crippen LogP) is 4.44. The molecule has 6 N–H and O–H groups in total. The molecule has 0 aliphatic carbocycles. The van der Waals surface area contributed by atoms with Crippen molar-refractivity contribution in [3.63, 3.8) is 0 Å². The molecule has 2 aromatic heterocycles. The van der Waals surface area contributed by atoms with E-state index in [0.717, 1.165) is 36.5 Å². The number of nitrogens with zero attached hydrogens (tertiary/aromatic N) is 4. The Morgan fingerprint density at radius 1 is 0.969 bits per heavy atom. The number of nitrogens with two attached hydrogens (primary N) is 2. The maximum atomic E-state index is 5.95. The molecule has 32 heavy (non-hydrogen) atoms. The molecule has 0 amide bonds. The van der Waals surface area contributed by atoms with Crippen molar-refractivity contribution in [1.82, 2.24) is 19.5 Å². The van der Waals surface area contributed by atoms with Gasteiger partial charge in [-0.05, 0) is 47.7 Å². The highest BCUT2D eigenvalue weighted by Gasteiger charge is 2.16. The molecule has 0 aliphatic heterocycles. The average Bonchev–Trinajstić information content (AvgIpc) is 3.15. The first kappa shape index (κ1) is 21.4. The van der Waals surface area contributed by atoms with Gasteiger partial charge in [0.2, 0.25) is 5.95 Å². The van der Waals surface area contributed by atoms with Crippen molar-refractivity contribution in [2.45, 2.75) is 33.7 Å². The highest BCUT2D eigenvalue weighted by atomic mass is 15.2. The summed E-state index contributed by atoms with van der Waals surface area (Å²) in [5.41, 5.74) is 16.8. The SMILES string of the molecule is CC(C)(C)CNc1nc(Nc2cccc(N)c2)c2ncn(CCc3ccc(N)cc3)c2n1. The number of nitrogens with one attached hydrogen (secondary N) is 2. The van der Waals surface area contributed by atoms with E-state index < -0.39 is 0 Å². The number of hydrogen-bond donors (Lipinski definition) is 4. The van der Waals surface area contributed by atoms with E-state index >= 15 is 0 Å². The number of benzene rings is 2. The number of nitrogen functional groups attached to an aromatic ring is 2. The van der Waals surface area contributed by atoms with Gasteiger partial charge in [-0.2, -0.15) is 9.97 Å². The van der Waals surface area contributed by atoms with E-state index in [9.17, 15) is 0 Å². The van der Waals surface area contributed by atoms with Crippen LogP contribution in [0.15, 0.2) is 54.9 Å². The first-order chi connectivity index (χ1) is 15.3. The first-order valence-corrected chi connectivity index (χ1v) is 10.7. The Morgan fingerprint density at radius 3 is 2.47 bits per heavy atom. The Morgan fingerprint density at radius 2 is 1.75 bits per heavy atom. The van der Waals surface area contributed by atoms with Gasteiger partial charge in [0.05, 0.1) is 6.33 Å². The van der Waals surface area contributed by atoms with E-state index in [1.807, 2.05) is 54.9 Å². The summed E-state index contributed by atoms with van der Waals surface area (Å²) in [5, 5.41) is 6.73. The number of aromatic nitrogens is 4. The fourth-order valence-corrected chi connectivity index (χ4v) is 3.31. The number of imidazole rings is 1. The van der Waals surface area contributed by atoms with E-state index in [1.54, 1.807) is 0 Å². The largest absolute Gasteiger partial charge is 0.399 e. The zero-order valence-electron chi connectivity index (χ0n) is 18.8. The van der Waals surface area contributed by atoms with Crippen LogP contribution in [0.4, 0.5) is 28.8 Å². The van der Waals surface area contributed by atoms with Crippen LogP contribution in [-0.4, -0.2) is 26.1 Å². The number of hydrogen-bond acceptors (Lipinski definition) is 7. The molecule has 0 saturated heterocycles. The van der Waals surface area contributed by atoms with Crippen LogP contribution in [0, 0.1) is 5.41 Å². The van der Waals surface area contributed by atoms with Gasteiger partial charge in [0.1, 0.15) is 0 Å². The maximum absolute atomic E-state index is 5.95. The standard InChI is InChI=1S/C24H30N8/c1-24(2,3)14-27-23-30-21(29-19-6-4-5-18(26)13-19)20-22(31-23)32(15-28-20)12-11-16-7-9-17(25)10-8-16/h4-10,13,15H,11-12,14,25-26H2,1-3H3,(H2,27,29,30,31). The van der Waals surface area contributed by atoms with Crippen molar-refractivity contribution in [2.24, 2.45) is 5.41 Å². The average molecular weight is 431 g/mol. The van der Waals surface area contributed by atoms with Gasteiger partial charge >= 0.3 is 0 Å². The molecule has 4 aromatic rings. The quantitative estimate of drug-likeness (QED) is 0.320. The summed E-state index contributed by atoms with van der Waals surface area (Å²) in [6, 6.07) is 15.5. The summed E-state index contributed by atoms with van der Waals surface area (Å²) < 4.78 is 2.06. The molecular formula is C24H30N8. The molecule has 0 unspecified atom stereocenters. The van der Waals surface area contributed by atoms with Crippen molar-refractivity contribution in [3.05, 3.63) is 60.4 Å². The van der Waals surface area contributed by atoms with Crippen LogP contribution in [0.5, 0.6) is 0 Å². The molecular weight excluding hydrogens is 400 g/mol. The summed E-state index contributed by atoms with van der Waals surface area (Å²) in [5.74, 6) is 1.20. The molecule has 2 heterocycles. The van der Waals surface area contributed by atoms with E-state index in [2.05, 4.69) is 41.0 Å². The number of rotatable bonds is 7. The van der Waals surface area contributed by atoms with Gasteiger partial charge in [-0.3, -0.25) is 0 Å². The third-order valence-corrected chi connectivity index (χ3v) is 5.01. The highest BCUT2D eigenvalue weighted by molar-refractivity contribution is 5.86. The van der Waals surface area contributed by atoms with E-state index in [4.69, 9.17) is 21.4 Å². The van der Waals surface area contributed by atoms with Gasteiger partial charge < -0.3 is 26.7 Å². The molecule has 0 bridgehead atoms. The van der Waals surface area contributed by atoms with Crippen molar-refractivity contribution in [1.29, 1.82) is 0 Å². The monoisotopic (exact) mass is 430 g/mol. The van der Waals surface area contributed by atoms with Crippen LogP contribution in [0.3, 0.4) is 0 Å². The van der Waals surface area contributed by atoms with Crippen molar-refractivity contribution in [3.8, 4) is 0 Å². The summed E-state index contributed by atoms with van der Waals surface area (Å²) in [6.45, 7) is 7.99. The molecule has 0 aliphatic rings. The van der Waals surface area contributed by atoms with Gasteiger partial charge in [0.25, 0.3) is 0 Å². The summed E-state index contributed by atoms with van der Waals surface area (Å²) in [4.78, 5) is 14.1. The maximum Gasteiger partial charge on any atom is 0.226 e. The Kier molecular flexibility index (Phi) is 5.85. The minimum absolute atomic E-state index is 0.0924. The first-order valence-electron chi connectivity index (χ1n) is 10.7. The zero-order valence-corrected chi connectivity index (χ0v) is 18.8. The van der Waals surface area contributed by atoms with Crippen LogP contribution in [0.1, 0.15) is 26.3 Å². The van der Waals surface area contributed by atoms with Crippen molar-refractivity contribution in [2.75, 3.05) is 28.6 Å². The summed E-state index contributed by atoms with van der Waals surface area (Å²) >= 11 is 0.